The van der Waals surface area contributed by atoms with Crippen molar-refractivity contribution in [1.29, 1.82) is 0 Å². The minimum atomic E-state index is 0.0432. The summed E-state index contributed by atoms with van der Waals surface area (Å²) in [6.07, 6.45) is 4.46. The van der Waals surface area contributed by atoms with E-state index in [1.54, 1.807) is 6.07 Å². The normalized spacial score (nSPS) is 24.7. The predicted octanol–water partition coefficient (Wildman–Crippen LogP) is 3.57. The van der Waals surface area contributed by atoms with Gasteiger partial charge in [0.05, 0.1) is 19.3 Å². The fourth-order valence-electron chi connectivity index (χ4n) is 4.73. The van der Waals surface area contributed by atoms with Gasteiger partial charge in [-0.1, -0.05) is 6.07 Å². The molecule has 3 atom stereocenters. The van der Waals surface area contributed by atoms with E-state index in [1.807, 2.05) is 23.7 Å². The largest absolute Gasteiger partial charge is 0.493 e. The van der Waals surface area contributed by atoms with Crippen LogP contribution < -0.4 is 9.47 Å². The van der Waals surface area contributed by atoms with Crippen LogP contribution in [0, 0.1) is 5.92 Å². The maximum Gasteiger partial charge on any atom is 0.212 e. The summed E-state index contributed by atoms with van der Waals surface area (Å²) >= 11 is 0. The number of carbonyl (C=O) groups excluding carboxylic acids is 1. The van der Waals surface area contributed by atoms with Gasteiger partial charge in [-0.05, 0) is 49.4 Å². The molecule has 3 aliphatic rings. The molecule has 0 radical (unpaired) electrons. The Morgan fingerprint density at radius 2 is 2.19 bits per heavy atom. The Bertz CT molecular complexity index is 934. The molecule has 2 aromatic rings. The fourth-order valence-corrected chi connectivity index (χ4v) is 4.73. The zero-order valence-electron chi connectivity index (χ0n) is 18.0. The molecule has 31 heavy (non-hydrogen) atoms. The van der Waals surface area contributed by atoms with E-state index in [9.17, 15) is 4.79 Å². The topological polar surface area (TPSA) is 71.8 Å². The summed E-state index contributed by atoms with van der Waals surface area (Å²) in [5, 5.41) is 4.51. The van der Waals surface area contributed by atoms with Crippen LogP contribution >= 0.6 is 0 Å². The number of carbonyl (C=O) groups is 1. The Balaban J connectivity index is 1.21. The highest BCUT2D eigenvalue weighted by Gasteiger charge is 2.32. The Labute approximate surface area is 182 Å². The lowest BCUT2D eigenvalue weighted by Crippen LogP contribution is -2.36. The highest BCUT2D eigenvalue weighted by Crippen LogP contribution is 2.32. The molecule has 1 aromatic carbocycles. The fraction of sp³-hybridized carbons (Fsp3) is 0.583. The smallest absolute Gasteiger partial charge is 0.212 e. The third-order valence-electron chi connectivity index (χ3n) is 6.36. The molecule has 3 unspecified atom stereocenters. The molecule has 0 N–H and O–H groups in total. The van der Waals surface area contributed by atoms with Crippen LogP contribution in [0.2, 0.25) is 0 Å². The minimum absolute atomic E-state index is 0.0432. The van der Waals surface area contributed by atoms with Crippen molar-refractivity contribution < 1.29 is 23.7 Å². The lowest BCUT2D eigenvalue weighted by atomic mass is 9.91. The van der Waals surface area contributed by atoms with Crippen LogP contribution in [0.3, 0.4) is 0 Å². The molecule has 0 spiro atoms. The van der Waals surface area contributed by atoms with Crippen molar-refractivity contribution in [2.24, 2.45) is 5.92 Å². The first kappa shape index (κ1) is 20.5. The molecule has 0 aliphatic carbocycles. The van der Waals surface area contributed by atoms with E-state index in [2.05, 4.69) is 11.2 Å². The number of aryl methyl sites for hydroxylation is 1. The Kier molecular flexibility index (Phi) is 5.96. The van der Waals surface area contributed by atoms with Gasteiger partial charge in [0.2, 0.25) is 5.88 Å². The second-order valence-electron chi connectivity index (χ2n) is 8.68. The third-order valence-corrected chi connectivity index (χ3v) is 6.36. The van der Waals surface area contributed by atoms with E-state index in [-0.39, 0.29) is 23.9 Å². The minimum Gasteiger partial charge on any atom is -0.493 e. The molecule has 166 valence electrons. The van der Waals surface area contributed by atoms with Crippen molar-refractivity contribution in [3.8, 4) is 11.6 Å². The van der Waals surface area contributed by atoms with Gasteiger partial charge >= 0.3 is 0 Å². The monoisotopic (exact) mass is 426 g/mol. The second kappa shape index (κ2) is 9.01. The van der Waals surface area contributed by atoms with E-state index >= 15 is 0 Å². The zero-order chi connectivity index (χ0) is 21.2. The molecule has 0 saturated carbocycles. The quantitative estimate of drug-likeness (QED) is 0.631. The number of nitrogens with zero attached hydrogens (tertiary/aromatic N) is 2. The summed E-state index contributed by atoms with van der Waals surface area (Å²) < 4.78 is 25.1. The highest BCUT2D eigenvalue weighted by molar-refractivity contribution is 5.94. The maximum absolute atomic E-state index is 13.0. The van der Waals surface area contributed by atoms with E-state index in [0.717, 1.165) is 55.7 Å². The van der Waals surface area contributed by atoms with Gasteiger partial charge in [-0.15, -0.1) is 0 Å². The zero-order valence-corrected chi connectivity index (χ0v) is 18.0. The number of Topliss-reactive ketones (excluding diaryl/α,β-unsaturated/α-hetero) is 1. The van der Waals surface area contributed by atoms with Gasteiger partial charge in [0.15, 0.2) is 5.78 Å². The molecule has 4 heterocycles. The van der Waals surface area contributed by atoms with Crippen molar-refractivity contribution in [3.63, 3.8) is 0 Å². The number of fused-ring (bicyclic) bond motifs is 2. The van der Waals surface area contributed by atoms with Crippen LogP contribution in [-0.2, 0) is 29.0 Å². The number of rotatable bonds is 7. The maximum atomic E-state index is 13.0. The van der Waals surface area contributed by atoms with Crippen molar-refractivity contribution in [2.45, 2.75) is 64.4 Å². The van der Waals surface area contributed by atoms with Crippen molar-refractivity contribution in [1.82, 2.24) is 9.78 Å². The van der Waals surface area contributed by atoms with Crippen LogP contribution in [0.1, 0.15) is 54.2 Å². The van der Waals surface area contributed by atoms with Crippen molar-refractivity contribution in [2.75, 3.05) is 19.8 Å². The summed E-state index contributed by atoms with van der Waals surface area (Å²) in [4.78, 5) is 13.0. The average Bonchev–Trinajstić information content (AvgIpc) is 3.47. The van der Waals surface area contributed by atoms with E-state index in [0.29, 0.717) is 37.8 Å². The Morgan fingerprint density at radius 3 is 3.03 bits per heavy atom. The molecule has 7 nitrogen and oxygen atoms in total. The SMILES string of the molecule is CCOCc1ccc2c(c1)CC(CC(=O)c1cc3n(n1)CCC(C1CCCO1)O3)CO2. The molecule has 7 heteroatoms. The first-order chi connectivity index (χ1) is 15.2. The van der Waals surface area contributed by atoms with E-state index < -0.39 is 0 Å². The van der Waals surface area contributed by atoms with Crippen molar-refractivity contribution in [3.05, 3.63) is 41.1 Å². The van der Waals surface area contributed by atoms with Crippen LogP contribution in [0.25, 0.3) is 0 Å². The lowest BCUT2D eigenvalue weighted by molar-refractivity contribution is -0.00966. The number of benzene rings is 1. The van der Waals surface area contributed by atoms with Gasteiger partial charge in [-0.2, -0.15) is 5.10 Å². The molecular weight excluding hydrogens is 396 g/mol. The van der Waals surface area contributed by atoms with Gasteiger partial charge in [0, 0.05) is 44.6 Å². The molecule has 3 aliphatic heterocycles. The van der Waals surface area contributed by atoms with Gasteiger partial charge in [0.1, 0.15) is 17.5 Å². The third kappa shape index (κ3) is 4.48. The summed E-state index contributed by atoms with van der Waals surface area (Å²) in [6, 6.07) is 7.98. The van der Waals surface area contributed by atoms with Gasteiger partial charge in [0.25, 0.3) is 0 Å². The molecule has 1 aromatic heterocycles. The lowest BCUT2D eigenvalue weighted by Gasteiger charge is -2.28. The van der Waals surface area contributed by atoms with Crippen LogP contribution in [0.4, 0.5) is 0 Å². The number of ether oxygens (including phenoxy) is 4. The van der Waals surface area contributed by atoms with Crippen molar-refractivity contribution >= 4 is 5.78 Å². The summed E-state index contributed by atoms with van der Waals surface area (Å²) in [7, 11) is 0. The van der Waals surface area contributed by atoms with E-state index in [4.69, 9.17) is 18.9 Å². The van der Waals surface area contributed by atoms with Crippen LogP contribution in [0.15, 0.2) is 24.3 Å². The number of aromatic nitrogens is 2. The second-order valence-corrected chi connectivity index (χ2v) is 8.68. The van der Waals surface area contributed by atoms with E-state index in [1.165, 1.54) is 0 Å². The van der Waals surface area contributed by atoms with Gasteiger partial charge in [-0.3, -0.25) is 4.79 Å². The number of ketones is 1. The summed E-state index contributed by atoms with van der Waals surface area (Å²) in [6.45, 7) is 5.40. The summed E-state index contributed by atoms with van der Waals surface area (Å²) in [5.41, 5.74) is 2.77. The Hall–Kier alpha value is -2.38. The molecule has 5 rings (SSSR count). The first-order valence-electron chi connectivity index (χ1n) is 11.4. The molecule has 0 bridgehead atoms. The van der Waals surface area contributed by atoms with Crippen LogP contribution in [0.5, 0.6) is 11.6 Å². The Morgan fingerprint density at radius 1 is 1.26 bits per heavy atom. The number of hydrogen-bond donors (Lipinski definition) is 0. The van der Waals surface area contributed by atoms with Gasteiger partial charge in [-0.25, -0.2) is 4.68 Å². The highest BCUT2D eigenvalue weighted by atomic mass is 16.6. The summed E-state index contributed by atoms with van der Waals surface area (Å²) in [5.74, 6) is 1.78. The molecule has 1 fully saturated rings. The van der Waals surface area contributed by atoms with Gasteiger partial charge < -0.3 is 18.9 Å². The molecule has 1 saturated heterocycles. The standard InChI is InChI=1S/C24H30N2O5/c1-2-28-14-16-5-6-21-18(10-16)11-17(15-30-21)12-20(27)19-13-24-26(25-19)8-7-23(31-24)22-4-3-9-29-22/h5-6,10,13,17,22-23H,2-4,7-9,11-12,14-15H2,1H3. The molecule has 0 amide bonds. The van der Waals surface area contributed by atoms with Crippen LogP contribution in [-0.4, -0.2) is 47.6 Å². The number of hydrogen-bond acceptors (Lipinski definition) is 6. The average molecular weight is 427 g/mol. The first-order valence-corrected chi connectivity index (χ1v) is 11.4. The predicted molar refractivity (Wildman–Crippen MR) is 114 cm³/mol. The molecular formula is C24H30N2O5.